The highest BCUT2D eigenvalue weighted by atomic mass is 28.6. The molecule has 32 heteroatoms. The van der Waals surface area contributed by atoms with Gasteiger partial charge in [-0.15, -0.1) is 0 Å². The molecule has 0 N–H and O–H groups in total. The molecule has 0 aromatic rings. The van der Waals surface area contributed by atoms with E-state index in [0.29, 0.717) is 67.7 Å². The van der Waals surface area contributed by atoms with Gasteiger partial charge in [0.25, 0.3) is 0 Å². The summed E-state index contributed by atoms with van der Waals surface area (Å²) in [5.74, 6) is -1.06. The van der Waals surface area contributed by atoms with Crippen LogP contribution in [0.25, 0.3) is 0 Å². The van der Waals surface area contributed by atoms with E-state index in [-0.39, 0.29) is 67.3 Å². The van der Waals surface area contributed by atoms with Crippen molar-refractivity contribution in [2.75, 3.05) is 13.2 Å². The van der Waals surface area contributed by atoms with Crippen LogP contribution in [0.4, 0.5) is 0 Å². The molecule has 8 rings (SSSR count). The van der Waals surface area contributed by atoms with E-state index in [4.69, 9.17) is 67.7 Å². The van der Waals surface area contributed by atoms with E-state index in [2.05, 4.69) is 44.8 Å². The van der Waals surface area contributed by atoms with Gasteiger partial charge in [0, 0.05) is 48.4 Å². The molecule has 8 bridgehead atoms. The molecule has 8 aliphatic rings. The molecule has 4 unspecified atom stereocenters. The van der Waals surface area contributed by atoms with Gasteiger partial charge in [0.1, 0.15) is 5.60 Å². The van der Waals surface area contributed by atoms with Gasteiger partial charge in [-0.3, -0.25) is 24.0 Å². The average Bonchev–Trinajstić information content (AvgIpc) is 0.775. The Balaban J connectivity index is 0.000000384. The van der Waals surface area contributed by atoms with Crippen LogP contribution in [-0.2, 0) is 96.4 Å². The topological polar surface area (TPSA) is 242 Å². The molecular formula is C52H110O22Si10. The number of carbonyl (C=O) groups excluding carboxylic acids is 5. The molecule has 8 fully saturated rings. The van der Waals surface area contributed by atoms with Crippen molar-refractivity contribution in [3.63, 3.8) is 0 Å². The Hall–Kier alpha value is -0.801. The number of esters is 5. The maximum atomic E-state index is 12.8. The lowest BCUT2D eigenvalue weighted by Gasteiger charge is -2.63. The molecular weight excluding hydrogens is 1260 g/mol. The lowest BCUT2D eigenvalue weighted by Crippen LogP contribution is -2.88. The van der Waals surface area contributed by atoms with Gasteiger partial charge in [-0.05, 0) is 98.1 Å². The molecule has 22 nitrogen and oxygen atoms in total. The fourth-order valence-corrected chi connectivity index (χ4v) is 69.4. The fourth-order valence-electron chi connectivity index (χ4n) is 9.78. The Morgan fingerprint density at radius 3 is 1.12 bits per heavy atom. The maximum Gasteiger partial charge on any atom is 0.479 e. The number of rotatable bonds is 19. The number of hydrogen-bond donors (Lipinski definition) is 0. The summed E-state index contributed by atoms with van der Waals surface area (Å²) in [6.07, 6.45) is 2.98. The zero-order chi connectivity index (χ0) is 63.1. The molecule has 8 aliphatic heterocycles. The Kier molecular flexibility index (Phi) is 27.7. The third-order valence-electron chi connectivity index (χ3n) is 15.7. The highest BCUT2D eigenvalue weighted by molar-refractivity contribution is 7.03. The van der Waals surface area contributed by atoms with Crippen LogP contribution in [0, 0.1) is 35.0 Å². The molecule has 4 atom stereocenters. The van der Waals surface area contributed by atoms with Crippen molar-refractivity contribution < 1.29 is 96.4 Å². The minimum Gasteiger partial charge on any atom is -0.465 e. The van der Waals surface area contributed by atoms with Crippen molar-refractivity contribution in [3.05, 3.63) is 0 Å². The summed E-state index contributed by atoms with van der Waals surface area (Å²) in [6, 6.07) is 4.93. The standard InChI is InChI=1S/C23H52O14Si8.C13H28O3Si2.C9H18O2.C6H8O3.CH4/c1-11-23(9,10)22(24)25-20-19-21-45-35-42(16-6)29-39(13-3)26-38(12-2)27-40(14-4,31-42)33-44(18-8,37-45)34-41(15-5,28-38)32-43(17-7,30-39)36-45;1-7-11(2)8-15-13(14)12-9-17(3,4)16-18(5,6)10-12;1-6-7(2)8(10)11-9(3,4)5;1-3-4(2)6(8)9-5(3)7;/h11-21H2,1-10H3;11-12H,7-10H2,1-6H3;7H,6H2,1-5H3;3-4H,1-2H3;1H4. The van der Waals surface area contributed by atoms with Crippen LogP contribution in [0.5, 0.6) is 0 Å². The minimum atomic E-state index is -3.87. The van der Waals surface area contributed by atoms with E-state index in [1.54, 1.807) is 13.8 Å². The number of hydrogen-bond acceptors (Lipinski definition) is 22. The Labute approximate surface area is 515 Å². The van der Waals surface area contributed by atoms with Crippen molar-refractivity contribution in [3.8, 4) is 0 Å². The van der Waals surface area contributed by atoms with E-state index < -0.39 is 104 Å². The molecule has 8 saturated heterocycles. The molecule has 8 heterocycles. The fraction of sp³-hybridized carbons (Fsp3) is 0.904. The predicted molar refractivity (Wildman–Crippen MR) is 338 cm³/mol. The van der Waals surface area contributed by atoms with Gasteiger partial charge in [-0.2, -0.15) is 0 Å². The molecule has 0 saturated carbocycles. The van der Waals surface area contributed by atoms with Gasteiger partial charge in [0.05, 0.1) is 42.3 Å². The van der Waals surface area contributed by atoms with Crippen LogP contribution in [-0.4, -0.2) is 136 Å². The molecule has 0 aromatic heterocycles. The van der Waals surface area contributed by atoms with Crippen molar-refractivity contribution in [2.45, 2.75) is 257 Å². The van der Waals surface area contributed by atoms with Crippen LogP contribution in [0.3, 0.4) is 0 Å². The van der Waals surface area contributed by atoms with Gasteiger partial charge in [0.15, 0.2) is 16.6 Å². The molecule has 0 radical (unpaired) electrons. The lowest BCUT2D eigenvalue weighted by molar-refractivity contribution is -0.159. The average molecular weight is 1370 g/mol. The van der Waals surface area contributed by atoms with Crippen molar-refractivity contribution in [1.29, 1.82) is 0 Å². The zero-order valence-corrected chi connectivity index (χ0v) is 64.7. The third-order valence-corrected chi connectivity index (χ3v) is 60.0. The molecule has 0 spiro atoms. The third kappa shape index (κ3) is 19.6. The van der Waals surface area contributed by atoms with Crippen LogP contribution in [0.1, 0.15) is 165 Å². The minimum absolute atomic E-state index is 0. The zero-order valence-electron chi connectivity index (χ0n) is 54.7. The summed E-state index contributed by atoms with van der Waals surface area (Å²) in [4.78, 5) is 57.2. The second-order valence-corrected chi connectivity index (χ2v) is 60.5. The van der Waals surface area contributed by atoms with E-state index in [0.717, 1.165) is 24.9 Å². The van der Waals surface area contributed by atoms with Crippen molar-refractivity contribution in [2.24, 2.45) is 35.0 Å². The summed E-state index contributed by atoms with van der Waals surface area (Å²) in [7, 11) is -33.0. The van der Waals surface area contributed by atoms with Crippen molar-refractivity contribution >= 4 is 117 Å². The predicted octanol–water partition coefficient (Wildman–Crippen LogP) is 12.3. The second-order valence-electron chi connectivity index (χ2n) is 25.7. The second kappa shape index (κ2) is 30.1. The van der Waals surface area contributed by atoms with Gasteiger partial charge in [-0.1, -0.05) is 111 Å². The van der Waals surface area contributed by atoms with Gasteiger partial charge >= 0.3 is 100 Å². The van der Waals surface area contributed by atoms with Gasteiger partial charge < -0.3 is 72.4 Å². The highest BCUT2D eigenvalue weighted by Crippen LogP contribution is 2.53. The van der Waals surface area contributed by atoms with Gasteiger partial charge in [-0.25, -0.2) is 0 Å². The monoisotopic (exact) mass is 1370 g/mol. The van der Waals surface area contributed by atoms with E-state index in [9.17, 15) is 24.0 Å². The summed E-state index contributed by atoms with van der Waals surface area (Å²) in [5.41, 5.74) is -0.931. The maximum absolute atomic E-state index is 12.8. The summed E-state index contributed by atoms with van der Waals surface area (Å²) < 4.78 is 113. The van der Waals surface area contributed by atoms with E-state index in [1.807, 2.05) is 104 Å². The summed E-state index contributed by atoms with van der Waals surface area (Å²) >= 11 is 0. The molecule has 0 aliphatic carbocycles. The number of cyclic esters (lactones) is 2. The smallest absolute Gasteiger partial charge is 0.465 e. The first kappa shape index (κ1) is 77.4. The largest absolute Gasteiger partial charge is 0.479 e. The first-order valence-electron chi connectivity index (χ1n) is 30.7. The summed E-state index contributed by atoms with van der Waals surface area (Å²) in [6.45, 7) is 46.2. The Bertz CT molecular complexity index is 2070. The van der Waals surface area contributed by atoms with E-state index in [1.165, 1.54) is 0 Å². The van der Waals surface area contributed by atoms with Crippen LogP contribution in [0.2, 0.25) is 86.6 Å². The Morgan fingerprint density at radius 1 is 0.524 bits per heavy atom. The van der Waals surface area contributed by atoms with Crippen LogP contribution < -0.4 is 0 Å². The molecule has 0 aromatic carbocycles. The van der Waals surface area contributed by atoms with Gasteiger partial charge in [0.2, 0.25) is 0 Å². The molecule has 0 amide bonds. The van der Waals surface area contributed by atoms with E-state index >= 15 is 0 Å². The first-order valence-corrected chi connectivity index (χ1v) is 52.4. The van der Waals surface area contributed by atoms with Crippen molar-refractivity contribution in [1.82, 2.24) is 0 Å². The highest BCUT2D eigenvalue weighted by Gasteiger charge is 2.82. The number of ether oxygens (including phenoxy) is 4. The summed E-state index contributed by atoms with van der Waals surface area (Å²) in [5, 5.41) is 0. The van der Waals surface area contributed by atoms with Crippen LogP contribution >= 0.6 is 0 Å². The molecule has 84 heavy (non-hydrogen) atoms. The molecule has 490 valence electrons. The number of carbonyl (C=O) groups is 5. The normalized spacial score (nSPS) is 35.4. The first-order chi connectivity index (χ1) is 38.2. The lowest BCUT2D eigenvalue weighted by atomic mass is 9.91. The quantitative estimate of drug-likeness (QED) is 0.0384. The SMILES string of the molecule is C.CC1C(=O)OC(=O)C1C.CCC(C)(C)C(=O)OCCC[Si]12O[Si]3(CC)O[Si]4(CC)O[Si]5(CC)O[Si](CC)(O3)O[Si](CC)(O[Si](CC)(O5)O[Si](CC)(O4)O1)O2.CCC(C)C(=O)OC(C)(C)C.CCC(C)COC(=O)C1C[Si](C)(C)O[Si](C)(C)C1. The Morgan fingerprint density at radius 2 is 0.857 bits per heavy atom. The van der Waals surface area contributed by atoms with Crippen LogP contribution in [0.15, 0.2) is 0 Å².